The standard InChI is InChI=1S/C22H19Br2N/c23-17-9-11-21-19(14-17)20-15-18(24)10-12-22(20)25(21)13-5-4-8-16-6-2-1-3-7-16/h1-3,6-7,9-12,14-15H,4-5,8,13H2. The minimum Gasteiger partial charge on any atom is -0.340 e. The first-order valence-electron chi connectivity index (χ1n) is 8.63. The molecule has 25 heavy (non-hydrogen) atoms. The third kappa shape index (κ3) is 3.54. The highest BCUT2D eigenvalue weighted by molar-refractivity contribution is 9.10. The number of nitrogens with zero attached hydrogens (tertiary/aromatic N) is 1. The smallest absolute Gasteiger partial charge is 0.0492 e. The zero-order valence-electron chi connectivity index (χ0n) is 13.9. The van der Waals surface area contributed by atoms with E-state index in [1.807, 2.05) is 0 Å². The van der Waals surface area contributed by atoms with Crippen LogP contribution in [0, 0.1) is 0 Å². The van der Waals surface area contributed by atoms with Gasteiger partial charge in [0.15, 0.2) is 0 Å². The van der Waals surface area contributed by atoms with E-state index in [9.17, 15) is 0 Å². The molecular weight excluding hydrogens is 438 g/mol. The molecule has 0 atom stereocenters. The first-order valence-corrected chi connectivity index (χ1v) is 10.2. The Balaban J connectivity index is 1.61. The Morgan fingerprint density at radius 1 is 0.680 bits per heavy atom. The Morgan fingerprint density at radius 3 is 1.88 bits per heavy atom. The molecule has 3 heteroatoms. The van der Waals surface area contributed by atoms with Crippen LogP contribution in [-0.2, 0) is 13.0 Å². The summed E-state index contributed by atoms with van der Waals surface area (Å²) in [5.74, 6) is 0. The number of aromatic nitrogens is 1. The molecule has 0 radical (unpaired) electrons. The first kappa shape index (κ1) is 16.9. The lowest BCUT2D eigenvalue weighted by Crippen LogP contribution is -1.98. The highest BCUT2D eigenvalue weighted by atomic mass is 79.9. The number of hydrogen-bond acceptors (Lipinski definition) is 0. The maximum absolute atomic E-state index is 3.61. The molecule has 0 aliphatic rings. The van der Waals surface area contributed by atoms with E-state index in [4.69, 9.17) is 0 Å². The Morgan fingerprint density at radius 2 is 1.28 bits per heavy atom. The second-order valence-electron chi connectivity index (χ2n) is 6.42. The molecule has 0 fully saturated rings. The molecule has 0 saturated carbocycles. The first-order chi connectivity index (χ1) is 12.2. The topological polar surface area (TPSA) is 4.93 Å². The molecule has 3 aromatic carbocycles. The van der Waals surface area contributed by atoms with E-state index in [0.29, 0.717) is 0 Å². The zero-order valence-corrected chi connectivity index (χ0v) is 17.1. The van der Waals surface area contributed by atoms with Crippen molar-refractivity contribution in [3.8, 4) is 0 Å². The van der Waals surface area contributed by atoms with Crippen molar-refractivity contribution in [2.24, 2.45) is 0 Å². The fourth-order valence-electron chi connectivity index (χ4n) is 3.53. The van der Waals surface area contributed by atoms with Crippen LogP contribution in [0.25, 0.3) is 21.8 Å². The van der Waals surface area contributed by atoms with Gasteiger partial charge in [0.25, 0.3) is 0 Å². The molecule has 0 N–H and O–H groups in total. The molecule has 0 spiro atoms. The number of unbranched alkanes of at least 4 members (excludes halogenated alkanes) is 1. The molecule has 1 heterocycles. The lowest BCUT2D eigenvalue weighted by molar-refractivity contribution is 0.636. The maximum Gasteiger partial charge on any atom is 0.0492 e. The van der Waals surface area contributed by atoms with Crippen LogP contribution in [0.5, 0.6) is 0 Å². The molecule has 0 aliphatic heterocycles. The van der Waals surface area contributed by atoms with Gasteiger partial charge < -0.3 is 4.57 Å². The summed E-state index contributed by atoms with van der Waals surface area (Å²) in [4.78, 5) is 0. The van der Waals surface area contributed by atoms with E-state index >= 15 is 0 Å². The maximum atomic E-state index is 3.61. The molecule has 4 aromatic rings. The van der Waals surface area contributed by atoms with E-state index < -0.39 is 0 Å². The summed E-state index contributed by atoms with van der Waals surface area (Å²) in [7, 11) is 0. The SMILES string of the molecule is Brc1ccc2c(c1)c1cc(Br)ccc1n2CCCCc1ccccc1. The van der Waals surface area contributed by atoms with Crippen molar-refractivity contribution in [3.05, 3.63) is 81.2 Å². The molecule has 0 saturated heterocycles. The number of fused-ring (bicyclic) bond motifs is 3. The van der Waals surface area contributed by atoms with Gasteiger partial charge in [-0.2, -0.15) is 0 Å². The number of aryl methyl sites for hydroxylation is 2. The predicted octanol–water partition coefficient (Wildman–Crippen LogP) is 7.34. The van der Waals surface area contributed by atoms with Gasteiger partial charge >= 0.3 is 0 Å². The van der Waals surface area contributed by atoms with Gasteiger partial charge in [-0.05, 0) is 61.2 Å². The van der Waals surface area contributed by atoms with Gasteiger partial charge in [0.2, 0.25) is 0 Å². The van der Waals surface area contributed by atoms with E-state index in [-0.39, 0.29) is 0 Å². The summed E-state index contributed by atoms with van der Waals surface area (Å²) in [5.41, 5.74) is 4.06. The Bertz CT molecular complexity index is 959. The monoisotopic (exact) mass is 455 g/mol. The van der Waals surface area contributed by atoms with Crippen molar-refractivity contribution in [2.45, 2.75) is 25.8 Å². The molecule has 1 aromatic heterocycles. The van der Waals surface area contributed by atoms with Crippen molar-refractivity contribution in [1.29, 1.82) is 0 Å². The average molecular weight is 457 g/mol. The van der Waals surface area contributed by atoms with E-state index in [0.717, 1.165) is 21.9 Å². The number of rotatable bonds is 5. The predicted molar refractivity (Wildman–Crippen MR) is 114 cm³/mol. The summed E-state index contributed by atoms with van der Waals surface area (Å²) < 4.78 is 4.72. The van der Waals surface area contributed by atoms with Gasteiger partial charge in [0.1, 0.15) is 0 Å². The number of halogens is 2. The third-order valence-corrected chi connectivity index (χ3v) is 5.72. The summed E-state index contributed by atoms with van der Waals surface area (Å²) >= 11 is 7.23. The summed E-state index contributed by atoms with van der Waals surface area (Å²) in [6.07, 6.45) is 3.53. The molecule has 0 bridgehead atoms. The molecule has 0 unspecified atom stereocenters. The van der Waals surface area contributed by atoms with Crippen molar-refractivity contribution in [1.82, 2.24) is 4.57 Å². The minimum absolute atomic E-state index is 1.05. The number of hydrogen-bond donors (Lipinski definition) is 0. The highest BCUT2D eigenvalue weighted by Crippen LogP contribution is 2.33. The minimum atomic E-state index is 1.05. The van der Waals surface area contributed by atoms with Crippen LogP contribution < -0.4 is 0 Å². The molecule has 4 rings (SSSR count). The Hall–Kier alpha value is -1.58. The highest BCUT2D eigenvalue weighted by Gasteiger charge is 2.11. The second-order valence-corrected chi connectivity index (χ2v) is 8.25. The second kappa shape index (κ2) is 7.35. The van der Waals surface area contributed by atoms with E-state index in [2.05, 4.69) is 103 Å². The van der Waals surface area contributed by atoms with Crippen molar-refractivity contribution < 1.29 is 0 Å². The molecule has 0 aliphatic carbocycles. The van der Waals surface area contributed by atoms with Crippen LogP contribution in [0.2, 0.25) is 0 Å². The van der Waals surface area contributed by atoms with Crippen molar-refractivity contribution in [3.63, 3.8) is 0 Å². The molecule has 0 amide bonds. The van der Waals surface area contributed by atoms with Crippen LogP contribution in [0.3, 0.4) is 0 Å². The third-order valence-electron chi connectivity index (χ3n) is 4.73. The normalized spacial score (nSPS) is 11.4. The average Bonchev–Trinajstić information content (AvgIpc) is 2.92. The van der Waals surface area contributed by atoms with Crippen LogP contribution in [0.15, 0.2) is 75.7 Å². The Kier molecular flexibility index (Phi) is 4.96. The summed E-state index contributed by atoms with van der Waals surface area (Å²) in [6.45, 7) is 1.05. The summed E-state index contributed by atoms with van der Waals surface area (Å²) in [6, 6.07) is 23.9. The van der Waals surface area contributed by atoms with Crippen molar-refractivity contribution in [2.75, 3.05) is 0 Å². The lowest BCUT2D eigenvalue weighted by atomic mass is 10.1. The fourth-order valence-corrected chi connectivity index (χ4v) is 4.26. The van der Waals surface area contributed by atoms with Crippen LogP contribution in [0.4, 0.5) is 0 Å². The molecular formula is C22H19Br2N. The largest absolute Gasteiger partial charge is 0.340 e. The van der Waals surface area contributed by atoms with Gasteiger partial charge in [-0.3, -0.25) is 0 Å². The molecule has 126 valence electrons. The lowest BCUT2D eigenvalue weighted by Gasteiger charge is -2.08. The zero-order chi connectivity index (χ0) is 17.2. The Labute approximate surface area is 164 Å². The van der Waals surface area contributed by atoms with Crippen LogP contribution in [0.1, 0.15) is 18.4 Å². The van der Waals surface area contributed by atoms with E-state index in [1.54, 1.807) is 0 Å². The summed E-state index contributed by atoms with van der Waals surface area (Å²) in [5, 5.41) is 2.63. The van der Waals surface area contributed by atoms with E-state index in [1.165, 1.54) is 40.2 Å². The van der Waals surface area contributed by atoms with Crippen LogP contribution in [-0.4, -0.2) is 4.57 Å². The van der Waals surface area contributed by atoms with Crippen LogP contribution >= 0.6 is 31.9 Å². The van der Waals surface area contributed by atoms with Gasteiger partial charge in [0, 0.05) is 37.3 Å². The van der Waals surface area contributed by atoms with Gasteiger partial charge in [-0.1, -0.05) is 62.2 Å². The van der Waals surface area contributed by atoms with Crippen molar-refractivity contribution >= 4 is 53.7 Å². The van der Waals surface area contributed by atoms with Gasteiger partial charge in [0.05, 0.1) is 0 Å². The van der Waals surface area contributed by atoms with Gasteiger partial charge in [-0.15, -0.1) is 0 Å². The fraction of sp³-hybridized carbons (Fsp3) is 0.182. The van der Waals surface area contributed by atoms with Gasteiger partial charge in [-0.25, -0.2) is 0 Å². The number of benzene rings is 3. The molecule has 1 nitrogen and oxygen atoms in total. The quantitative estimate of drug-likeness (QED) is 0.277.